The number of hydrogen-bond acceptors (Lipinski definition) is 1. The van der Waals surface area contributed by atoms with Crippen molar-refractivity contribution in [2.24, 2.45) is 0 Å². The molecule has 82 valence electrons. The maximum Gasteiger partial charge on any atom is 0.118 e. The van der Waals surface area contributed by atoms with Gasteiger partial charge in [-0.25, -0.2) is 5.30 Å². The van der Waals surface area contributed by atoms with Crippen molar-refractivity contribution in [2.45, 2.75) is 6.92 Å². The zero-order valence-electron chi connectivity index (χ0n) is 9.47. The molecule has 2 aromatic carbocycles. The molecule has 16 heavy (non-hydrogen) atoms. The number of aryl methyl sites for hydroxylation is 1. The van der Waals surface area contributed by atoms with Crippen molar-refractivity contribution in [2.75, 3.05) is 7.11 Å². The molecule has 0 saturated carbocycles. The van der Waals surface area contributed by atoms with Gasteiger partial charge in [-0.15, -0.1) is 0 Å². The van der Waals surface area contributed by atoms with E-state index < -0.39 is 0 Å². The molecule has 0 spiro atoms. The summed E-state index contributed by atoms with van der Waals surface area (Å²) in [5.74, 6) is 0.905. The van der Waals surface area contributed by atoms with Crippen LogP contribution in [0.1, 0.15) is 5.56 Å². The summed E-state index contributed by atoms with van der Waals surface area (Å²) in [5.41, 5.74) is 1.30. The molecule has 0 heterocycles. The molecular weight excluding hydrogens is 215 g/mol. The number of methoxy groups -OCH3 is 1. The van der Waals surface area contributed by atoms with Crippen molar-refractivity contribution < 1.29 is 4.74 Å². The molecule has 0 radical (unpaired) electrons. The van der Waals surface area contributed by atoms with E-state index in [1.807, 2.05) is 12.1 Å². The first kappa shape index (κ1) is 11.2. The van der Waals surface area contributed by atoms with Gasteiger partial charge in [-0.1, -0.05) is 42.0 Å². The maximum atomic E-state index is 5.13. The van der Waals surface area contributed by atoms with Crippen molar-refractivity contribution in [3.63, 3.8) is 0 Å². The first-order valence-corrected chi connectivity index (χ1v) is 6.10. The summed E-state index contributed by atoms with van der Waals surface area (Å²) in [6.45, 7) is 2.11. The highest BCUT2D eigenvalue weighted by Gasteiger charge is 1.86. The summed E-state index contributed by atoms with van der Waals surface area (Å²) in [4.78, 5) is 0. The van der Waals surface area contributed by atoms with Gasteiger partial charge < -0.3 is 13.3 Å². The Balaban J connectivity index is 2.11. The van der Waals surface area contributed by atoms with Gasteiger partial charge in [0.1, 0.15) is 5.75 Å². The standard InChI is InChI=1S/C14H14OP/c1-11-3-7-13(8-4-11)16-14-9-5-12(15-2)6-10-14/h3-10H,1-2H3/q-1. The van der Waals surface area contributed by atoms with Crippen LogP contribution in [0.3, 0.4) is 0 Å². The quantitative estimate of drug-likeness (QED) is 0.735. The highest BCUT2D eigenvalue weighted by Crippen LogP contribution is 2.14. The van der Waals surface area contributed by atoms with Crippen molar-refractivity contribution in [1.82, 2.24) is 0 Å². The second kappa shape index (κ2) is 5.14. The van der Waals surface area contributed by atoms with Crippen molar-refractivity contribution >= 4 is 19.2 Å². The molecule has 0 aliphatic heterocycles. The Morgan fingerprint density at radius 3 is 1.81 bits per heavy atom. The van der Waals surface area contributed by atoms with Crippen LogP contribution in [-0.2, 0) is 0 Å². The molecule has 0 unspecified atom stereocenters. The normalized spacial score (nSPS) is 10.9. The fraction of sp³-hybridized carbons (Fsp3) is 0.143. The molecule has 0 amide bonds. The largest absolute Gasteiger partial charge is 0.497 e. The molecule has 0 N–H and O–H groups in total. The lowest BCUT2D eigenvalue weighted by Crippen LogP contribution is -2.02. The zero-order valence-corrected chi connectivity index (χ0v) is 10.4. The van der Waals surface area contributed by atoms with Gasteiger partial charge in [0.25, 0.3) is 0 Å². The third-order valence-electron chi connectivity index (χ3n) is 2.36. The molecule has 0 aliphatic rings. The van der Waals surface area contributed by atoms with E-state index in [2.05, 4.69) is 43.3 Å². The van der Waals surface area contributed by atoms with Crippen molar-refractivity contribution in [3.8, 4) is 5.75 Å². The second-order valence-corrected chi connectivity index (χ2v) is 4.90. The van der Waals surface area contributed by atoms with E-state index in [-0.39, 0.29) is 0 Å². The lowest BCUT2D eigenvalue weighted by Gasteiger charge is -2.19. The molecule has 2 rings (SSSR count). The molecule has 1 nitrogen and oxygen atoms in total. The topological polar surface area (TPSA) is 9.23 Å². The lowest BCUT2D eigenvalue weighted by molar-refractivity contribution is 0.415. The summed E-state index contributed by atoms with van der Waals surface area (Å²) in [6, 6.07) is 16.8. The number of benzene rings is 2. The van der Waals surface area contributed by atoms with Crippen LogP contribution >= 0.6 is 8.58 Å². The third-order valence-corrected chi connectivity index (χ3v) is 3.48. The maximum absolute atomic E-state index is 5.13. The lowest BCUT2D eigenvalue weighted by atomic mass is 10.2. The average Bonchev–Trinajstić information content (AvgIpc) is 2.33. The van der Waals surface area contributed by atoms with Crippen LogP contribution in [0.4, 0.5) is 0 Å². The predicted molar refractivity (Wildman–Crippen MR) is 70.4 cm³/mol. The van der Waals surface area contributed by atoms with Gasteiger partial charge in [-0.05, 0) is 19.1 Å². The van der Waals surface area contributed by atoms with E-state index in [1.54, 1.807) is 7.11 Å². The monoisotopic (exact) mass is 229 g/mol. The fourth-order valence-electron chi connectivity index (χ4n) is 1.43. The first-order chi connectivity index (χ1) is 7.78. The van der Waals surface area contributed by atoms with Gasteiger partial charge in [0.05, 0.1) is 7.11 Å². The highest BCUT2D eigenvalue weighted by molar-refractivity contribution is 7.55. The summed E-state index contributed by atoms with van der Waals surface area (Å²) >= 11 is 0. The SMILES string of the molecule is COc1ccc([P-]c2ccc(C)cc2)cc1. The van der Waals surface area contributed by atoms with Crippen molar-refractivity contribution in [1.29, 1.82) is 0 Å². The summed E-state index contributed by atoms with van der Waals surface area (Å²) < 4.78 is 5.13. The summed E-state index contributed by atoms with van der Waals surface area (Å²) in [5, 5.41) is 2.60. The van der Waals surface area contributed by atoms with E-state index in [0.717, 1.165) is 5.75 Å². The van der Waals surface area contributed by atoms with Crippen LogP contribution in [-0.4, -0.2) is 7.11 Å². The third kappa shape index (κ3) is 2.84. The number of ether oxygens (including phenoxy) is 1. The van der Waals surface area contributed by atoms with Gasteiger partial charge in [0.2, 0.25) is 0 Å². The van der Waals surface area contributed by atoms with E-state index >= 15 is 0 Å². The summed E-state index contributed by atoms with van der Waals surface area (Å²) in [7, 11) is 2.92. The van der Waals surface area contributed by atoms with Gasteiger partial charge in [0.15, 0.2) is 0 Å². The predicted octanol–water partition coefficient (Wildman–Crippen LogP) is 2.90. The molecule has 0 bridgehead atoms. The van der Waals surface area contributed by atoms with Crippen molar-refractivity contribution in [3.05, 3.63) is 54.1 Å². The smallest absolute Gasteiger partial charge is 0.118 e. The molecule has 0 atom stereocenters. The van der Waals surface area contributed by atoms with E-state index in [0.29, 0.717) is 0 Å². The fourth-order valence-corrected chi connectivity index (χ4v) is 2.32. The van der Waals surface area contributed by atoms with Crippen LogP contribution in [0, 0.1) is 6.92 Å². The minimum Gasteiger partial charge on any atom is -0.497 e. The molecule has 0 aromatic heterocycles. The number of rotatable bonds is 3. The van der Waals surface area contributed by atoms with E-state index in [4.69, 9.17) is 4.74 Å². The van der Waals surface area contributed by atoms with E-state index in [1.165, 1.54) is 24.8 Å². The molecule has 2 heteroatoms. The minimum atomic E-state index is 0.905. The highest BCUT2D eigenvalue weighted by atomic mass is 31.1. The average molecular weight is 229 g/mol. The minimum absolute atomic E-state index is 0.905. The van der Waals surface area contributed by atoms with Gasteiger partial charge in [-0.3, -0.25) is 0 Å². The van der Waals surface area contributed by atoms with Crippen LogP contribution in [0.25, 0.3) is 0 Å². The molecule has 2 aromatic rings. The molecule has 0 saturated heterocycles. The Labute approximate surface area is 98.2 Å². The number of hydrogen-bond donors (Lipinski definition) is 0. The Bertz CT molecular complexity index is 445. The van der Waals surface area contributed by atoms with Gasteiger partial charge in [0, 0.05) is 0 Å². The Morgan fingerprint density at radius 2 is 1.31 bits per heavy atom. The van der Waals surface area contributed by atoms with Gasteiger partial charge in [-0.2, -0.15) is 5.30 Å². The van der Waals surface area contributed by atoms with E-state index in [9.17, 15) is 0 Å². The summed E-state index contributed by atoms with van der Waals surface area (Å²) in [6.07, 6.45) is 0. The zero-order chi connectivity index (χ0) is 11.4. The van der Waals surface area contributed by atoms with Crippen LogP contribution in [0.2, 0.25) is 0 Å². The molecular formula is C14H14OP-. The van der Waals surface area contributed by atoms with Crippen LogP contribution in [0.5, 0.6) is 5.75 Å². The van der Waals surface area contributed by atoms with Crippen LogP contribution in [0.15, 0.2) is 48.5 Å². The first-order valence-electron chi connectivity index (χ1n) is 5.20. The van der Waals surface area contributed by atoms with Crippen LogP contribution < -0.4 is 15.3 Å². The Morgan fingerprint density at radius 1 is 0.812 bits per heavy atom. The molecule has 0 fully saturated rings. The van der Waals surface area contributed by atoms with Gasteiger partial charge >= 0.3 is 0 Å². The Hall–Kier alpha value is -1.33. The second-order valence-electron chi connectivity index (χ2n) is 3.65. The molecule has 0 aliphatic carbocycles. The Kier molecular flexibility index (Phi) is 3.58.